The highest BCUT2D eigenvalue weighted by Crippen LogP contribution is 2.35. The molecule has 186 valence electrons. The smallest absolute Gasteiger partial charge is 0.472 e. The highest BCUT2D eigenvalue weighted by molar-refractivity contribution is 7.46. The van der Waals surface area contributed by atoms with Gasteiger partial charge in [-0.05, 0) is 29.3 Å². The Morgan fingerprint density at radius 3 is 2.53 bits per heavy atom. The molecule has 1 amide bonds. The van der Waals surface area contributed by atoms with Crippen molar-refractivity contribution in [3.63, 3.8) is 0 Å². The topological polar surface area (TPSA) is 166 Å². The third-order valence-corrected chi connectivity index (χ3v) is 5.14. The van der Waals surface area contributed by atoms with E-state index in [4.69, 9.17) is 19.0 Å². The summed E-state index contributed by atoms with van der Waals surface area (Å²) >= 11 is 0. The van der Waals surface area contributed by atoms with Crippen molar-refractivity contribution in [3.8, 4) is 17.2 Å². The summed E-state index contributed by atoms with van der Waals surface area (Å²) in [5.41, 5.74) is 3.10. The first kappa shape index (κ1) is 25.0. The van der Waals surface area contributed by atoms with Crippen LogP contribution in [0.3, 0.4) is 0 Å². The first-order valence-corrected chi connectivity index (χ1v) is 12.1. The van der Waals surface area contributed by atoms with E-state index >= 15 is 0 Å². The monoisotopic (exact) mass is 512 g/mol. The third-order valence-electron chi connectivity index (χ3n) is 4.70. The minimum Gasteiger partial charge on any atom is -0.473 e. The largest absolute Gasteiger partial charge is 0.473 e. The molecule has 0 radical (unpaired) electrons. The van der Waals surface area contributed by atoms with Crippen molar-refractivity contribution >= 4 is 19.7 Å². The lowest BCUT2D eigenvalue weighted by Crippen LogP contribution is -2.16. The Morgan fingerprint density at radius 1 is 1.00 bits per heavy atom. The van der Waals surface area contributed by atoms with E-state index in [9.17, 15) is 9.36 Å². The highest BCUT2D eigenvalue weighted by atomic mass is 31.2. The van der Waals surface area contributed by atoms with Crippen LogP contribution < -0.4 is 10.1 Å². The summed E-state index contributed by atoms with van der Waals surface area (Å²) in [6, 6.07) is 18.4. The van der Waals surface area contributed by atoms with Crippen LogP contribution in [0, 0.1) is 0 Å². The third kappa shape index (κ3) is 7.45. The summed E-state index contributed by atoms with van der Waals surface area (Å²) in [6.45, 7) is -0.533. The van der Waals surface area contributed by atoms with Gasteiger partial charge in [0, 0.05) is 30.9 Å². The van der Waals surface area contributed by atoms with Crippen LogP contribution in [0.25, 0.3) is 11.3 Å². The number of hydrogen-bond donors (Lipinski definition) is 3. The van der Waals surface area contributed by atoms with Crippen LogP contribution in [0.4, 0.5) is 10.6 Å². The Hall–Kier alpha value is -4.09. The van der Waals surface area contributed by atoms with Gasteiger partial charge < -0.3 is 23.8 Å². The normalized spacial score (nSPS) is 11.2. The maximum atomic E-state index is 11.9. The lowest BCUT2D eigenvalue weighted by molar-refractivity contribution is 0.0470. The lowest BCUT2D eigenvalue weighted by atomic mass is 10.1. The molecule has 0 bridgehead atoms. The maximum absolute atomic E-state index is 11.9. The van der Waals surface area contributed by atoms with Gasteiger partial charge in [0.2, 0.25) is 12.7 Å². The fourth-order valence-corrected chi connectivity index (χ4v) is 3.25. The molecule has 0 aliphatic heterocycles. The molecule has 36 heavy (non-hydrogen) atoms. The fraction of sp³-hybridized carbons (Fsp3) is 0.130. The van der Waals surface area contributed by atoms with E-state index in [0.717, 1.165) is 11.1 Å². The van der Waals surface area contributed by atoms with Crippen molar-refractivity contribution in [2.45, 2.75) is 13.0 Å². The van der Waals surface area contributed by atoms with Gasteiger partial charge in [-0.3, -0.25) is 5.32 Å². The van der Waals surface area contributed by atoms with Gasteiger partial charge in [-0.25, -0.2) is 23.9 Å². The van der Waals surface area contributed by atoms with Crippen molar-refractivity contribution in [2.24, 2.45) is 0 Å². The SMILES string of the molecule is O=C(Nc1ncccc1-c1cc(Cc2ccc(COc3ccccn3)cc2)no1)OCOP(=O)(O)O. The summed E-state index contributed by atoms with van der Waals surface area (Å²) in [4.78, 5) is 37.4. The number of nitrogens with one attached hydrogen (secondary N) is 1. The van der Waals surface area contributed by atoms with Gasteiger partial charge in [0.15, 0.2) is 5.76 Å². The van der Waals surface area contributed by atoms with Gasteiger partial charge in [0.1, 0.15) is 12.4 Å². The molecular formula is C23H21N4O8P. The molecule has 13 heteroatoms. The minimum absolute atomic E-state index is 0.110. The molecule has 0 unspecified atom stereocenters. The number of amides is 1. The van der Waals surface area contributed by atoms with Gasteiger partial charge >= 0.3 is 13.9 Å². The molecule has 0 fully saturated rings. The molecule has 0 atom stereocenters. The van der Waals surface area contributed by atoms with E-state index in [-0.39, 0.29) is 5.82 Å². The van der Waals surface area contributed by atoms with Crippen LogP contribution in [-0.2, 0) is 26.9 Å². The standard InChI is InChI=1S/C23H21N4O8P/c28-23(33-15-34-36(29,30)31)26-22-19(4-3-11-25-22)20-13-18(27-35-20)12-16-6-8-17(9-7-16)14-32-21-5-1-2-10-24-21/h1-11,13H,12,14-15H2,(H,25,26,28)(H2,29,30,31). The van der Waals surface area contributed by atoms with Gasteiger partial charge in [0.05, 0.1) is 11.3 Å². The number of anilines is 1. The molecule has 0 aliphatic rings. The van der Waals surface area contributed by atoms with Crippen molar-refractivity contribution in [1.29, 1.82) is 0 Å². The van der Waals surface area contributed by atoms with Crippen molar-refractivity contribution < 1.29 is 37.7 Å². The number of aromatic nitrogens is 3. The molecule has 3 N–H and O–H groups in total. The lowest BCUT2D eigenvalue weighted by Gasteiger charge is -2.09. The zero-order valence-electron chi connectivity index (χ0n) is 18.7. The second kappa shape index (κ2) is 11.6. The van der Waals surface area contributed by atoms with Crippen LogP contribution in [0.1, 0.15) is 16.8 Å². The second-order valence-corrected chi connectivity index (χ2v) is 8.57. The van der Waals surface area contributed by atoms with Gasteiger partial charge in [-0.2, -0.15) is 0 Å². The molecule has 0 aliphatic carbocycles. The summed E-state index contributed by atoms with van der Waals surface area (Å²) < 4.78 is 30.4. The summed E-state index contributed by atoms with van der Waals surface area (Å²) in [5, 5.41) is 6.47. The molecule has 4 aromatic rings. The molecule has 1 aromatic carbocycles. The Morgan fingerprint density at radius 2 is 1.78 bits per heavy atom. The molecular weight excluding hydrogens is 491 g/mol. The fourth-order valence-electron chi connectivity index (χ4n) is 3.06. The molecule has 12 nitrogen and oxygen atoms in total. The number of carbonyl (C=O) groups excluding carboxylic acids is 1. The number of benzene rings is 1. The number of hydrogen-bond acceptors (Lipinski definition) is 9. The number of rotatable bonds is 10. The van der Waals surface area contributed by atoms with Gasteiger partial charge in [-0.1, -0.05) is 35.5 Å². The van der Waals surface area contributed by atoms with Crippen molar-refractivity contribution in [2.75, 3.05) is 12.1 Å². The van der Waals surface area contributed by atoms with E-state index in [1.807, 2.05) is 36.4 Å². The van der Waals surface area contributed by atoms with E-state index in [0.29, 0.717) is 35.9 Å². The predicted octanol–water partition coefficient (Wildman–Crippen LogP) is 3.92. The average molecular weight is 512 g/mol. The van der Waals surface area contributed by atoms with Crippen LogP contribution in [0.2, 0.25) is 0 Å². The van der Waals surface area contributed by atoms with Crippen LogP contribution in [0.15, 0.2) is 77.6 Å². The Bertz CT molecular complexity index is 1340. The molecule has 0 spiro atoms. The number of pyridine rings is 2. The average Bonchev–Trinajstić information content (AvgIpc) is 3.32. The summed E-state index contributed by atoms with van der Waals surface area (Å²) in [7, 11) is -4.76. The Balaban J connectivity index is 1.35. The first-order chi connectivity index (χ1) is 17.4. The van der Waals surface area contributed by atoms with Crippen molar-refractivity contribution in [1.82, 2.24) is 15.1 Å². The number of phosphoric ester groups is 1. The highest BCUT2D eigenvalue weighted by Gasteiger charge is 2.17. The van der Waals surface area contributed by atoms with Crippen LogP contribution in [-0.4, -0.2) is 37.8 Å². The Kier molecular flexibility index (Phi) is 8.03. The van der Waals surface area contributed by atoms with Gasteiger partial charge in [-0.15, -0.1) is 0 Å². The zero-order chi connectivity index (χ0) is 25.4. The van der Waals surface area contributed by atoms with Crippen LogP contribution in [0.5, 0.6) is 5.88 Å². The van der Waals surface area contributed by atoms with E-state index in [2.05, 4.69) is 29.7 Å². The molecule has 3 aromatic heterocycles. The first-order valence-electron chi connectivity index (χ1n) is 10.5. The molecule has 4 rings (SSSR count). The number of phosphoric acid groups is 1. The molecule has 0 saturated carbocycles. The molecule has 0 saturated heterocycles. The van der Waals surface area contributed by atoms with E-state index in [1.54, 1.807) is 30.5 Å². The van der Waals surface area contributed by atoms with E-state index < -0.39 is 20.7 Å². The summed E-state index contributed by atoms with van der Waals surface area (Å²) in [6.07, 6.45) is 2.61. The second-order valence-electron chi connectivity index (χ2n) is 7.33. The quantitative estimate of drug-likeness (QED) is 0.208. The number of carbonyl (C=O) groups is 1. The van der Waals surface area contributed by atoms with Gasteiger partial charge in [0.25, 0.3) is 0 Å². The summed E-state index contributed by atoms with van der Waals surface area (Å²) in [5.74, 6) is 1.03. The number of ether oxygens (including phenoxy) is 2. The maximum Gasteiger partial charge on any atom is 0.472 e. The number of nitrogens with zero attached hydrogens (tertiary/aromatic N) is 3. The van der Waals surface area contributed by atoms with Crippen LogP contribution >= 0.6 is 7.82 Å². The van der Waals surface area contributed by atoms with Crippen molar-refractivity contribution in [3.05, 3.63) is 89.9 Å². The zero-order valence-corrected chi connectivity index (χ0v) is 19.6. The Labute approximate surface area is 205 Å². The molecule has 3 heterocycles. The minimum atomic E-state index is -4.76. The predicted molar refractivity (Wildman–Crippen MR) is 126 cm³/mol. The van der Waals surface area contributed by atoms with E-state index in [1.165, 1.54) is 6.20 Å².